The van der Waals surface area contributed by atoms with Crippen molar-refractivity contribution in [1.82, 2.24) is 5.32 Å². The number of aryl methyl sites for hydroxylation is 1. The largest absolute Gasteiger partial charge is 0.573 e. The summed E-state index contributed by atoms with van der Waals surface area (Å²) in [5.74, 6) is -0.209. The highest BCUT2D eigenvalue weighted by Gasteiger charge is 2.31. The third-order valence-corrected chi connectivity index (χ3v) is 3.28. The van der Waals surface area contributed by atoms with Gasteiger partial charge in [0.1, 0.15) is 5.75 Å². The molecule has 0 radical (unpaired) electrons. The Morgan fingerprint density at radius 1 is 1.43 bits per heavy atom. The zero-order valence-corrected chi connectivity index (χ0v) is 11.6. The van der Waals surface area contributed by atoms with Crippen molar-refractivity contribution in [3.05, 3.63) is 29.3 Å². The highest BCUT2D eigenvalue weighted by molar-refractivity contribution is 8.15. The Morgan fingerprint density at radius 3 is 2.81 bits per heavy atom. The zero-order chi connectivity index (χ0) is 15.5. The van der Waals surface area contributed by atoms with Crippen LogP contribution >= 0.6 is 11.8 Å². The molecular formula is C12H10F3N3O2S. The molecule has 1 saturated heterocycles. The van der Waals surface area contributed by atoms with E-state index in [1.807, 2.05) is 0 Å². The van der Waals surface area contributed by atoms with Crippen LogP contribution in [0.15, 0.2) is 28.4 Å². The van der Waals surface area contributed by atoms with Crippen molar-refractivity contribution in [3.63, 3.8) is 0 Å². The number of hydrogen-bond donors (Lipinski definition) is 1. The lowest BCUT2D eigenvalue weighted by atomic mass is 10.1. The maximum absolute atomic E-state index is 12.1. The fraction of sp³-hybridized carbons (Fsp3) is 0.250. The number of nitrogens with zero attached hydrogens (tertiary/aromatic N) is 2. The quantitative estimate of drug-likeness (QED) is 0.688. The van der Waals surface area contributed by atoms with Gasteiger partial charge in [-0.3, -0.25) is 4.79 Å². The fourth-order valence-electron chi connectivity index (χ4n) is 1.48. The Hall–Kier alpha value is -2.03. The Morgan fingerprint density at radius 2 is 2.19 bits per heavy atom. The Bertz CT molecular complexity index is 614. The number of ether oxygens (including phenoxy) is 1. The molecule has 21 heavy (non-hydrogen) atoms. The highest BCUT2D eigenvalue weighted by atomic mass is 32.2. The first kappa shape index (κ1) is 15.4. The van der Waals surface area contributed by atoms with E-state index >= 15 is 0 Å². The van der Waals surface area contributed by atoms with Crippen LogP contribution < -0.4 is 10.1 Å². The topological polar surface area (TPSA) is 63.1 Å². The number of benzene rings is 1. The Balaban J connectivity index is 2.12. The average Bonchev–Trinajstić information content (AvgIpc) is 2.77. The maximum atomic E-state index is 12.1. The molecule has 1 aliphatic heterocycles. The van der Waals surface area contributed by atoms with Gasteiger partial charge in [0.05, 0.1) is 12.0 Å². The van der Waals surface area contributed by atoms with E-state index in [-0.39, 0.29) is 17.4 Å². The number of nitrogens with one attached hydrogen (secondary N) is 1. The normalized spacial score (nSPS) is 17.5. The molecule has 2 rings (SSSR count). The molecule has 0 spiro atoms. The van der Waals surface area contributed by atoms with Crippen LogP contribution in [0.4, 0.5) is 13.2 Å². The molecule has 0 saturated carbocycles. The second-order valence-electron chi connectivity index (χ2n) is 4.05. The van der Waals surface area contributed by atoms with Gasteiger partial charge in [0, 0.05) is 5.56 Å². The molecule has 1 N–H and O–H groups in total. The lowest BCUT2D eigenvalue weighted by Gasteiger charge is -2.10. The zero-order valence-electron chi connectivity index (χ0n) is 10.8. The van der Waals surface area contributed by atoms with E-state index in [1.165, 1.54) is 36.2 Å². The molecule has 1 aliphatic rings. The Labute approximate surface area is 122 Å². The predicted octanol–water partition coefficient (Wildman–Crippen LogP) is 2.45. The molecule has 9 heteroatoms. The van der Waals surface area contributed by atoms with Gasteiger partial charge in [-0.2, -0.15) is 5.10 Å². The molecular weight excluding hydrogens is 307 g/mol. The minimum Gasteiger partial charge on any atom is -0.406 e. The number of thioether (sulfide) groups is 1. The van der Waals surface area contributed by atoms with Crippen molar-refractivity contribution in [2.24, 2.45) is 10.2 Å². The van der Waals surface area contributed by atoms with Crippen LogP contribution in [0.3, 0.4) is 0 Å². The lowest BCUT2D eigenvalue weighted by Crippen LogP contribution is -2.19. The fourth-order valence-corrected chi connectivity index (χ4v) is 2.11. The number of rotatable bonds is 3. The summed E-state index contributed by atoms with van der Waals surface area (Å²) < 4.78 is 40.3. The van der Waals surface area contributed by atoms with Crippen molar-refractivity contribution in [3.8, 4) is 5.75 Å². The number of amides is 1. The van der Waals surface area contributed by atoms with Crippen LogP contribution in [-0.4, -0.2) is 29.4 Å². The van der Waals surface area contributed by atoms with Crippen LogP contribution in [0, 0.1) is 6.92 Å². The number of halogens is 3. The molecule has 1 aromatic rings. The summed E-state index contributed by atoms with van der Waals surface area (Å²) in [7, 11) is 0. The van der Waals surface area contributed by atoms with Crippen LogP contribution in [-0.2, 0) is 4.79 Å². The number of hydrogen-bond acceptors (Lipinski definition) is 5. The second-order valence-corrected chi connectivity index (χ2v) is 5.02. The van der Waals surface area contributed by atoms with Gasteiger partial charge in [0.15, 0.2) is 5.17 Å². The summed E-state index contributed by atoms with van der Waals surface area (Å²) in [5, 5.41) is 10.4. The first-order valence-corrected chi connectivity index (χ1v) is 6.72. The number of carbonyl (C=O) groups is 1. The van der Waals surface area contributed by atoms with E-state index in [2.05, 4.69) is 20.3 Å². The smallest absolute Gasteiger partial charge is 0.406 e. The van der Waals surface area contributed by atoms with Crippen molar-refractivity contribution in [2.45, 2.75) is 13.3 Å². The van der Waals surface area contributed by atoms with Gasteiger partial charge in [0.2, 0.25) is 5.91 Å². The standard InChI is InChI=1S/C12H10F3N3O2S/c1-7-2-3-9(20-12(13,14)15)4-8(7)5-16-18-11-17-10(19)6-21-11/h2-5H,6H2,1H3,(H,17,18,19). The molecule has 1 aromatic carbocycles. The van der Waals surface area contributed by atoms with Gasteiger partial charge < -0.3 is 10.1 Å². The summed E-state index contributed by atoms with van der Waals surface area (Å²) in [6.45, 7) is 1.72. The lowest BCUT2D eigenvalue weighted by molar-refractivity contribution is -0.274. The molecule has 0 aliphatic carbocycles. The van der Waals surface area contributed by atoms with Crippen molar-refractivity contribution in [2.75, 3.05) is 5.75 Å². The molecule has 5 nitrogen and oxygen atoms in total. The van der Waals surface area contributed by atoms with Crippen molar-refractivity contribution < 1.29 is 22.7 Å². The minimum atomic E-state index is -4.74. The predicted molar refractivity (Wildman–Crippen MR) is 73.5 cm³/mol. The number of alkyl halides is 3. The van der Waals surface area contributed by atoms with E-state index in [0.29, 0.717) is 10.7 Å². The van der Waals surface area contributed by atoms with Gasteiger partial charge in [-0.15, -0.1) is 18.3 Å². The molecule has 0 aromatic heterocycles. The molecule has 1 fully saturated rings. The van der Waals surface area contributed by atoms with Crippen LogP contribution in [0.2, 0.25) is 0 Å². The molecule has 0 atom stereocenters. The summed E-state index contributed by atoms with van der Waals surface area (Å²) in [6, 6.07) is 3.92. The van der Waals surface area contributed by atoms with Crippen LogP contribution in [0.5, 0.6) is 5.75 Å². The van der Waals surface area contributed by atoms with E-state index in [1.54, 1.807) is 6.92 Å². The van der Waals surface area contributed by atoms with Gasteiger partial charge >= 0.3 is 6.36 Å². The molecule has 0 bridgehead atoms. The molecule has 0 unspecified atom stereocenters. The molecule has 1 heterocycles. The first-order valence-electron chi connectivity index (χ1n) is 5.73. The van der Waals surface area contributed by atoms with E-state index in [4.69, 9.17) is 0 Å². The van der Waals surface area contributed by atoms with Crippen molar-refractivity contribution >= 4 is 29.1 Å². The van der Waals surface area contributed by atoms with Crippen LogP contribution in [0.1, 0.15) is 11.1 Å². The van der Waals surface area contributed by atoms with Gasteiger partial charge in [-0.1, -0.05) is 17.8 Å². The van der Waals surface area contributed by atoms with Gasteiger partial charge in [-0.25, -0.2) is 0 Å². The molecule has 1 amide bonds. The summed E-state index contributed by atoms with van der Waals surface area (Å²) in [5.41, 5.74) is 1.16. The molecule has 112 valence electrons. The number of carbonyl (C=O) groups excluding carboxylic acids is 1. The maximum Gasteiger partial charge on any atom is 0.573 e. The Kier molecular flexibility index (Phi) is 4.51. The summed E-state index contributed by atoms with van der Waals surface area (Å²) in [4.78, 5) is 10.9. The van der Waals surface area contributed by atoms with E-state index < -0.39 is 6.36 Å². The third-order valence-electron chi connectivity index (χ3n) is 2.42. The number of amidine groups is 1. The average molecular weight is 317 g/mol. The first-order chi connectivity index (χ1) is 9.83. The monoisotopic (exact) mass is 317 g/mol. The van der Waals surface area contributed by atoms with Crippen LogP contribution in [0.25, 0.3) is 0 Å². The summed E-state index contributed by atoms with van der Waals surface area (Å²) in [6.07, 6.45) is -3.44. The van der Waals surface area contributed by atoms with Gasteiger partial charge in [0.25, 0.3) is 0 Å². The van der Waals surface area contributed by atoms with Crippen molar-refractivity contribution in [1.29, 1.82) is 0 Å². The third kappa shape index (κ3) is 4.78. The SMILES string of the molecule is Cc1ccc(OC(F)(F)F)cc1C=NN=C1NC(=O)CS1. The van der Waals surface area contributed by atoms with E-state index in [0.717, 1.165) is 5.56 Å². The minimum absolute atomic E-state index is 0.161. The summed E-state index contributed by atoms with van der Waals surface area (Å²) >= 11 is 1.20. The highest BCUT2D eigenvalue weighted by Crippen LogP contribution is 2.24. The van der Waals surface area contributed by atoms with Gasteiger partial charge in [-0.05, 0) is 24.6 Å². The second kappa shape index (κ2) is 6.17. The van der Waals surface area contributed by atoms with E-state index in [9.17, 15) is 18.0 Å².